The van der Waals surface area contributed by atoms with Crippen molar-refractivity contribution < 1.29 is 4.74 Å². The molecule has 1 aliphatic rings. The van der Waals surface area contributed by atoms with Crippen LogP contribution in [-0.2, 0) is 10.2 Å². The predicted octanol–water partition coefficient (Wildman–Crippen LogP) is 2.62. The van der Waals surface area contributed by atoms with Crippen molar-refractivity contribution in [3.8, 4) is 0 Å². The first-order valence-electron chi connectivity index (χ1n) is 7.11. The fourth-order valence-corrected chi connectivity index (χ4v) is 2.47. The maximum Gasteiger partial charge on any atom is 0.152 e. The van der Waals surface area contributed by atoms with Crippen LogP contribution in [-0.4, -0.2) is 33.9 Å². The third-order valence-electron chi connectivity index (χ3n) is 3.93. The molecule has 0 saturated heterocycles. The van der Waals surface area contributed by atoms with Gasteiger partial charge in [0.05, 0.1) is 11.8 Å². The molecule has 108 valence electrons. The highest BCUT2D eigenvalue weighted by atomic mass is 16.5. The summed E-state index contributed by atoms with van der Waals surface area (Å²) in [6.45, 7) is 6.51. The fraction of sp³-hybridized carbons (Fsp3) is 0.600. The topological polar surface area (TPSA) is 51.5 Å². The van der Waals surface area contributed by atoms with Crippen LogP contribution in [0.15, 0.2) is 18.5 Å². The molecule has 5 heteroatoms. The summed E-state index contributed by atoms with van der Waals surface area (Å²) in [5.41, 5.74) is 2.16. The third-order valence-corrected chi connectivity index (χ3v) is 3.93. The Bertz CT molecular complexity index is 608. The van der Waals surface area contributed by atoms with Crippen LogP contribution in [0.5, 0.6) is 0 Å². The summed E-state index contributed by atoms with van der Waals surface area (Å²) in [6, 6.07) is 2.58. The second-order valence-electron chi connectivity index (χ2n) is 6.56. The maximum absolute atomic E-state index is 5.31. The number of fused-ring (bicyclic) bond motifs is 1. The van der Waals surface area contributed by atoms with Crippen molar-refractivity contribution in [1.29, 1.82) is 0 Å². The Labute approximate surface area is 119 Å². The van der Waals surface area contributed by atoms with Crippen molar-refractivity contribution in [2.45, 2.75) is 51.2 Å². The highest BCUT2D eigenvalue weighted by Gasteiger charge is 2.29. The van der Waals surface area contributed by atoms with Crippen molar-refractivity contribution in [2.75, 3.05) is 12.4 Å². The largest absolute Gasteiger partial charge is 0.381 e. The van der Waals surface area contributed by atoms with E-state index in [-0.39, 0.29) is 5.41 Å². The van der Waals surface area contributed by atoms with Gasteiger partial charge in [-0.25, -0.2) is 9.50 Å². The molecule has 0 bridgehead atoms. The molecule has 0 spiro atoms. The minimum absolute atomic E-state index is 0.0426. The molecule has 0 aliphatic heterocycles. The molecule has 2 aromatic rings. The molecule has 0 aromatic carbocycles. The van der Waals surface area contributed by atoms with E-state index in [2.05, 4.69) is 42.2 Å². The Hall–Kier alpha value is -1.62. The summed E-state index contributed by atoms with van der Waals surface area (Å²) in [6.07, 6.45) is 6.16. The van der Waals surface area contributed by atoms with E-state index in [0.717, 1.165) is 29.9 Å². The zero-order chi connectivity index (χ0) is 14.3. The van der Waals surface area contributed by atoms with Gasteiger partial charge in [0.15, 0.2) is 5.82 Å². The van der Waals surface area contributed by atoms with Crippen LogP contribution in [0, 0.1) is 0 Å². The van der Waals surface area contributed by atoms with E-state index in [9.17, 15) is 0 Å². The predicted molar refractivity (Wildman–Crippen MR) is 79.1 cm³/mol. The first-order chi connectivity index (χ1) is 9.47. The summed E-state index contributed by atoms with van der Waals surface area (Å²) >= 11 is 0. The van der Waals surface area contributed by atoms with E-state index in [0.29, 0.717) is 12.1 Å². The number of hydrogen-bond donors (Lipinski definition) is 1. The van der Waals surface area contributed by atoms with Crippen LogP contribution >= 0.6 is 0 Å². The average molecular weight is 274 g/mol. The zero-order valence-corrected chi connectivity index (χ0v) is 12.6. The molecule has 0 atom stereocenters. The molecule has 1 fully saturated rings. The zero-order valence-electron chi connectivity index (χ0n) is 12.6. The van der Waals surface area contributed by atoms with Crippen molar-refractivity contribution in [2.24, 2.45) is 0 Å². The molecule has 0 unspecified atom stereocenters. The van der Waals surface area contributed by atoms with Crippen molar-refractivity contribution in [3.05, 3.63) is 24.2 Å². The standard InChI is InChI=1S/C15H22N4O/c1-15(2,3)13-9-12-14(16-5-6-19(12)18-13)17-10-7-11(8-10)20-4/h5-6,9-11H,7-8H2,1-4H3,(H,16,17). The van der Waals surface area contributed by atoms with E-state index < -0.39 is 0 Å². The fourth-order valence-electron chi connectivity index (χ4n) is 2.47. The van der Waals surface area contributed by atoms with E-state index in [1.807, 2.05) is 10.7 Å². The van der Waals surface area contributed by atoms with Gasteiger partial charge in [-0.15, -0.1) is 0 Å². The van der Waals surface area contributed by atoms with Gasteiger partial charge in [0.1, 0.15) is 5.52 Å². The first-order valence-corrected chi connectivity index (χ1v) is 7.11. The van der Waals surface area contributed by atoms with E-state index in [4.69, 9.17) is 4.74 Å². The Morgan fingerprint density at radius 2 is 2.10 bits per heavy atom. The number of rotatable bonds is 3. The molecule has 0 radical (unpaired) electrons. The Morgan fingerprint density at radius 1 is 1.35 bits per heavy atom. The van der Waals surface area contributed by atoms with Crippen LogP contribution in [0.25, 0.3) is 5.52 Å². The minimum atomic E-state index is 0.0426. The van der Waals surface area contributed by atoms with Gasteiger partial charge in [-0.1, -0.05) is 20.8 Å². The van der Waals surface area contributed by atoms with E-state index in [1.54, 1.807) is 13.3 Å². The van der Waals surface area contributed by atoms with Crippen LogP contribution in [0.1, 0.15) is 39.3 Å². The van der Waals surface area contributed by atoms with Crippen molar-refractivity contribution >= 4 is 11.3 Å². The molecule has 2 heterocycles. The summed E-state index contributed by atoms with van der Waals surface area (Å²) in [5.74, 6) is 0.912. The summed E-state index contributed by atoms with van der Waals surface area (Å²) in [5, 5.41) is 8.14. The molecule has 1 saturated carbocycles. The highest BCUT2D eigenvalue weighted by Crippen LogP contribution is 2.29. The molecule has 20 heavy (non-hydrogen) atoms. The van der Waals surface area contributed by atoms with Gasteiger partial charge in [0.2, 0.25) is 0 Å². The lowest BCUT2D eigenvalue weighted by Gasteiger charge is -2.34. The lowest BCUT2D eigenvalue weighted by molar-refractivity contribution is 0.0328. The number of nitrogens with zero attached hydrogens (tertiary/aromatic N) is 3. The quantitative estimate of drug-likeness (QED) is 0.934. The maximum atomic E-state index is 5.31. The monoisotopic (exact) mass is 274 g/mol. The number of anilines is 1. The van der Waals surface area contributed by atoms with E-state index >= 15 is 0 Å². The molecular weight excluding hydrogens is 252 g/mol. The normalized spacial score (nSPS) is 22.8. The lowest BCUT2D eigenvalue weighted by Crippen LogP contribution is -2.40. The molecule has 1 aliphatic carbocycles. The number of aromatic nitrogens is 3. The minimum Gasteiger partial charge on any atom is -0.381 e. The molecule has 1 N–H and O–H groups in total. The average Bonchev–Trinajstić information content (AvgIpc) is 2.77. The van der Waals surface area contributed by atoms with Gasteiger partial charge in [0, 0.05) is 31.0 Å². The molecule has 0 amide bonds. The SMILES string of the molecule is COC1CC(Nc2nccn3nc(C(C)(C)C)cc23)C1. The first kappa shape index (κ1) is 13.4. The Morgan fingerprint density at radius 3 is 2.75 bits per heavy atom. The molecule has 5 nitrogen and oxygen atoms in total. The van der Waals surface area contributed by atoms with Crippen LogP contribution in [0.4, 0.5) is 5.82 Å². The van der Waals surface area contributed by atoms with Crippen molar-refractivity contribution in [1.82, 2.24) is 14.6 Å². The smallest absolute Gasteiger partial charge is 0.152 e. The second-order valence-corrected chi connectivity index (χ2v) is 6.56. The highest BCUT2D eigenvalue weighted by molar-refractivity contribution is 5.68. The van der Waals surface area contributed by atoms with Gasteiger partial charge in [-0.2, -0.15) is 5.10 Å². The summed E-state index contributed by atoms with van der Waals surface area (Å²) in [7, 11) is 1.77. The van der Waals surface area contributed by atoms with Crippen LogP contribution < -0.4 is 5.32 Å². The van der Waals surface area contributed by atoms with Gasteiger partial charge in [-0.05, 0) is 18.9 Å². The molecular formula is C15H22N4O. The number of nitrogens with one attached hydrogen (secondary N) is 1. The van der Waals surface area contributed by atoms with Crippen LogP contribution in [0.3, 0.4) is 0 Å². The Balaban J connectivity index is 1.86. The Kier molecular flexibility index (Phi) is 3.17. The van der Waals surface area contributed by atoms with Crippen LogP contribution in [0.2, 0.25) is 0 Å². The number of hydrogen-bond acceptors (Lipinski definition) is 4. The van der Waals surface area contributed by atoms with E-state index in [1.165, 1.54) is 0 Å². The summed E-state index contributed by atoms with van der Waals surface area (Å²) < 4.78 is 7.22. The van der Waals surface area contributed by atoms with Gasteiger partial charge < -0.3 is 10.1 Å². The molecule has 2 aromatic heterocycles. The number of methoxy groups -OCH3 is 1. The van der Waals surface area contributed by atoms with Crippen molar-refractivity contribution in [3.63, 3.8) is 0 Å². The third kappa shape index (κ3) is 2.38. The molecule has 3 rings (SSSR count). The van der Waals surface area contributed by atoms with Gasteiger partial charge in [0.25, 0.3) is 0 Å². The lowest BCUT2D eigenvalue weighted by atomic mass is 9.89. The summed E-state index contributed by atoms with van der Waals surface area (Å²) in [4.78, 5) is 4.46. The second kappa shape index (κ2) is 4.74. The van der Waals surface area contributed by atoms with Gasteiger partial charge >= 0.3 is 0 Å². The number of ether oxygens (including phenoxy) is 1. The van der Waals surface area contributed by atoms with Gasteiger partial charge in [-0.3, -0.25) is 0 Å².